The van der Waals surface area contributed by atoms with Gasteiger partial charge in [0.2, 0.25) is 0 Å². The molecule has 1 atom stereocenters. The zero-order chi connectivity index (χ0) is 22.6. The molecule has 166 valence electrons. The van der Waals surface area contributed by atoms with Crippen LogP contribution in [-0.2, 0) is 13.6 Å². The number of rotatable bonds is 9. The molecular weight excluding hydrogens is 405 g/mol. The molecule has 1 unspecified atom stereocenters. The lowest BCUT2D eigenvalue weighted by molar-refractivity contribution is 0.214. The largest absolute Gasteiger partial charge is 0.368 e. The fraction of sp³-hybridized carbons (Fsp3) is 0.385. The summed E-state index contributed by atoms with van der Waals surface area (Å²) in [6.07, 6.45) is 0. The third-order valence-corrected chi connectivity index (χ3v) is 7.83. The van der Waals surface area contributed by atoms with Crippen molar-refractivity contribution in [1.29, 1.82) is 0 Å². The predicted octanol–water partition coefficient (Wildman–Crippen LogP) is 7.91. The Morgan fingerprint density at radius 3 is 2.13 bits per heavy atom. The van der Waals surface area contributed by atoms with E-state index in [0.717, 1.165) is 27.9 Å². The van der Waals surface area contributed by atoms with Crippen molar-refractivity contribution in [2.24, 2.45) is 0 Å². The van der Waals surface area contributed by atoms with Crippen molar-refractivity contribution in [1.82, 2.24) is 0 Å². The van der Waals surface area contributed by atoms with Gasteiger partial charge in [-0.05, 0) is 79.1 Å². The van der Waals surface area contributed by atoms with E-state index in [9.17, 15) is 4.57 Å². The molecule has 0 spiro atoms. The van der Waals surface area contributed by atoms with Gasteiger partial charge in [-0.25, -0.2) is 0 Å². The van der Waals surface area contributed by atoms with E-state index in [1.807, 2.05) is 44.2 Å². The third kappa shape index (κ3) is 5.03. The lowest BCUT2D eigenvalue weighted by Crippen LogP contribution is -2.15. The van der Waals surface area contributed by atoms with E-state index in [2.05, 4.69) is 57.3 Å². The van der Waals surface area contributed by atoms with Crippen molar-refractivity contribution in [3.63, 3.8) is 0 Å². The number of hydrogen-bond donors (Lipinski definition) is 1. The molecule has 0 aromatic heterocycles. The summed E-state index contributed by atoms with van der Waals surface area (Å²) in [5.41, 5.74) is 7.70. The predicted molar refractivity (Wildman–Crippen MR) is 130 cm³/mol. The zero-order valence-corrected chi connectivity index (χ0v) is 20.3. The highest BCUT2D eigenvalue weighted by molar-refractivity contribution is 7.54. The first-order chi connectivity index (χ1) is 14.8. The van der Waals surface area contributed by atoms with Crippen LogP contribution in [0.3, 0.4) is 0 Å². The number of aryl methyl sites for hydroxylation is 2. The molecule has 1 aromatic carbocycles. The molecule has 0 heterocycles. The summed E-state index contributed by atoms with van der Waals surface area (Å²) in [7, 11) is -3.49. The van der Waals surface area contributed by atoms with E-state index in [1.165, 1.54) is 11.1 Å². The van der Waals surface area contributed by atoms with Gasteiger partial charge in [-0.15, -0.1) is 0 Å². The average Bonchev–Trinajstić information content (AvgIpc) is 2.93. The Morgan fingerprint density at radius 1 is 0.903 bits per heavy atom. The Balaban J connectivity index is 2.23. The maximum atomic E-state index is 14.0. The first-order valence-electron chi connectivity index (χ1n) is 11.0. The summed E-state index contributed by atoms with van der Waals surface area (Å²) in [5, 5.41) is 3.47. The van der Waals surface area contributed by atoms with Gasteiger partial charge >= 0.3 is 7.60 Å². The number of para-hydroxylation sites is 1. The van der Waals surface area contributed by atoms with E-state index in [0.29, 0.717) is 19.1 Å². The minimum Gasteiger partial charge on any atom is -0.368 e. The summed E-state index contributed by atoms with van der Waals surface area (Å²) in [6.45, 7) is 12.9. The molecule has 0 saturated heterocycles. The average molecular weight is 440 g/mol. The first kappa shape index (κ1) is 23.5. The molecule has 1 aromatic rings. The van der Waals surface area contributed by atoms with Gasteiger partial charge in [0.05, 0.1) is 13.2 Å². The van der Waals surface area contributed by atoms with Crippen molar-refractivity contribution in [2.75, 3.05) is 18.5 Å². The zero-order valence-electron chi connectivity index (χ0n) is 19.4. The van der Waals surface area contributed by atoms with Gasteiger partial charge in [-0.3, -0.25) is 4.57 Å². The monoisotopic (exact) mass is 439 g/mol. The van der Waals surface area contributed by atoms with Crippen molar-refractivity contribution < 1.29 is 13.6 Å². The number of benzene rings is 1. The summed E-state index contributed by atoms with van der Waals surface area (Å²) in [4.78, 5) is 0. The maximum absolute atomic E-state index is 14.0. The Hall–Kier alpha value is -2.13. The summed E-state index contributed by atoms with van der Waals surface area (Å²) >= 11 is 0. The molecule has 1 N–H and O–H groups in total. The lowest BCUT2D eigenvalue weighted by Gasteiger charge is -2.28. The molecule has 0 aliphatic heterocycles. The second-order valence-electron chi connectivity index (χ2n) is 8.18. The van der Waals surface area contributed by atoms with Crippen molar-refractivity contribution in [2.45, 2.75) is 53.2 Å². The van der Waals surface area contributed by atoms with Crippen LogP contribution in [0.25, 0.3) is 11.1 Å². The van der Waals surface area contributed by atoms with E-state index in [1.54, 1.807) is 0 Å². The highest BCUT2D eigenvalue weighted by atomic mass is 31.2. The SMILES string of the molecule is CCOP(=O)(OCC)C(Nc1ccccc1)c1cc(C)c2cc(C(C)C)ccc(C)c1-2. The van der Waals surface area contributed by atoms with Crippen LogP contribution < -0.4 is 5.32 Å². The van der Waals surface area contributed by atoms with E-state index >= 15 is 0 Å². The Kier molecular flexibility index (Phi) is 7.59. The van der Waals surface area contributed by atoms with Crippen LogP contribution in [0.4, 0.5) is 5.69 Å². The van der Waals surface area contributed by atoms with Crippen molar-refractivity contribution in [3.05, 3.63) is 76.9 Å². The van der Waals surface area contributed by atoms with Crippen LogP contribution in [0.2, 0.25) is 0 Å². The molecule has 0 radical (unpaired) electrons. The van der Waals surface area contributed by atoms with Gasteiger partial charge in [-0.1, -0.05) is 56.3 Å². The second-order valence-corrected chi connectivity index (χ2v) is 10.3. The number of hydrogen-bond acceptors (Lipinski definition) is 4. The van der Waals surface area contributed by atoms with Gasteiger partial charge in [-0.2, -0.15) is 0 Å². The molecule has 31 heavy (non-hydrogen) atoms. The van der Waals surface area contributed by atoms with E-state index in [4.69, 9.17) is 9.05 Å². The molecular formula is C26H34NO3P. The summed E-state index contributed by atoms with van der Waals surface area (Å²) in [6, 6.07) is 18.6. The minimum absolute atomic E-state index is 0.312. The number of fused-ring (bicyclic) bond motifs is 1. The van der Waals surface area contributed by atoms with Crippen molar-refractivity contribution in [3.8, 4) is 11.1 Å². The quantitative estimate of drug-likeness (QED) is 0.344. The van der Waals surface area contributed by atoms with Crippen LogP contribution in [0.1, 0.15) is 61.6 Å². The van der Waals surface area contributed by atoms with Gasteiger partial charge in [0.25, 0.3) is 0 Å². The Labute approximate surface area is 186 Å². The van der Waals surface area contributed by atoms with Crippen LogP contribution >= 0.6 is 7.60 Å². The van der Waals surface area contributed by atoms with Crippen LogP contribution in [-0.4, -0.2) is 13.2 Å². The smallest absolute Gasteiger partial charge is 0.357 e. The second kappa shape index (κ2) is 9.99. The number of nitrogens with one attached hydrogen (secondary N) is 1. The molecule has 2 aliphatic rings. The van der Waals surface area contributed by atoms with Gasteiger partial charge in [0.1, 0.15) is 0 Å². The van der Waals surface area contributed by atoms with E-state index < -0.39 is 13.4 Å². The van der Waals surface area contributed by atoms with Crippen molar-refractivity contribution >= 4 is 13.3 Å². The summed E-state index contributed by atoms with van der Waals surface area (Å²) < 4.78 is 25.7. The topological polar surface area (TPSA) is 47.6 Å². The van der Waals surface area contributed by atoms with E-state index in [-0.39, 0.29) is 0 Å². The fourth-order valence-electron chi connectivity index (χ4n) is 4.02. The summed E-state index contributed by atoms with van der Waals surface area (Å²) in [5.74, 6) is -0.196. The minimum atomic E-state index is -3.49. The maximum Gasteiger partial charge on any atom is 0.357 e. The fourth-order valence-corrected chi connectivity index (χ4v) is 5.97. The molecule has 5 heteroatoms. The molecule has 0 saturated carbocycles. The Bertz CT molecular complexity index is 1020. The van der Waals surface area contributed by atoms with Crippen LogP contribution in [0.15, 0.2) is 54.6 Å². The third-order valence-electron chi connectivity index (χ3n) is 5.56. The van der Waals surface area contributed by atoms with Gasteiger partial charge in [0.15, 0.2) is 5.78 Å². The van der Waals surface area contributed by atoms with Crippen LogP contribution in [0.5, 0.6) is 0 Å². The molecule has 4 nitrogen and oxygen atoms in total. The van der Waals surface area contributed by atoms with Crippen LogP contribution in [0, 0.1) is 13.8 Å². The normalized spacial score (nSPS) is 13.0. The highest BCUT2D eigenvalue weighted by Gasteiger charge is 2.40. The molecule has 0 fully saturated rings. The molecule has 0 bridgehead atoms. The molecule has 3 rings (SSSR count). The lowest BCUT2D eigenvalue weighted by atomic mass is 10.0. The highest BCUT2D eigenvalue weighted by Crippen LogP contribution is 2.62. The van der Waals surface area contributed by atoms with Gasteiger partial charge < -0.3 is 14.4 Å². The molecule has 0 amide bonds. The standard InChI is InChI=1S/C26H34NO3P/c1-7-29-31(28,30-8-2)26(27-22-12-10-9-11-13-22)24-16-20(6)23-17-21(18(3)4)15-14-19(5)25(23)24/h9-18,26-27H,7-8H2,1-6H3. The Morgan fingerprint density at radius 2 is 1.55 bits per heavy atom. The first-order valence-corrected chi connectivity index (χ1v) is 12.7. The van der Waals surface area contributed by atoms with Gasteiger partial charge in [0, 0.05) is 5.69 Å². The number of anilines is 1. The molecule has 2 aliphatic carbocycles.